The van der Waals surface area contributed by atoms with Crippen molar-refractivity contribution in [1.29, 1.82) is 0 Å². The van der Waals surface area contributed by atoms with Crippen LogP contribution in [0.15, 0.2) is 0 Å². The van der Waals surface area contributed by atoms with Crippen LogP contribution in [0.2, 0.25) is 0 Å². The van der Waals surface area contributed by atoms with E-state index in [9.17, 15) is 14.2 Å². The second-order valence-electron chi connectivity index (χ2n) is 5.26. The maximum atomic E-state index is 11.1. The van der Waals surface area contributed by atoms with Crippen molar-refractivity contribution in [3.8, 4) is 0 Å². The molecule has 0 atom stereocenters. The Morgan fingerprint density at radius 1 is 0.773 bits per heavy atom. The molecule has 11 heteroatoms. The number of hydrogen-bond acceptors (Lipinski definition) is 6. The van der Waals surface area contributed by atoms with E-state index in [1.165, 1.54) is 4.90 Å². The van der Waals surface area contributed by atoms with E-state index in [0.29, 0.717) is 39.3 Å². The van der Waals surface area contributed by atoms with Crippen LogP contribution >= 0.6 is 7.60 Å². The minimum Gasteiger partial charge on any atom is -0.480 e. The molecule has 10 nitrogen and oxygen atoms in total. The normalized spacial score (nSPS) is 20.1. The van der Waals surface area contributed by atoms with Crippen LogP contribution < -0.4 is 0 Å². The van der Waals surface area contributed by atoms with Gasteiger partial charge in [0.2, 0.25) is 0 Å². The Hall–Kier alpha value is -1.03. The van der Waals surface area contributed by atoms with E-state index >= 15 is 0 Å². The lowest BCUT2D eigenvalue weighted by Crippen LogP contribution is -2.40. The van der Waals surface area contributed by atoms with Crippen LogP contribution in [-0.2, 0) is 14.2 Å². The van der Waals surface area contributed by atoms with Crippen LogP contribution in [0.25, 0.3) is 0 Å². The average Bonchev–Trinajstić information content (AvgIpc) is 2.41. The maximum Gasteiger partial charge on any atom is 0.339 e. The minimum absolute atomic E-state index is 0.190. The summed E-state index contributed by atoms with van der Waals surface area (Å²) in [5, 5.41) is 17.7. The first-order valence-corrected chi connectivity index (χ1v) is 8.61. The molecule has 1 fully saturated rings. The molecule has 0 spiro atoms. The van der Waals surface area contributed by atoms with E-state index in [0.717, 1.165) is 0 Å². The largest absolute Gasteiger partial charge is 0.480 e. The van der Waals surface area contributed by atoms with Crippen molar-refractivity contribution in [2.24, 2.45) is 0 Å². The molecule has 0 aromatic carbocycles. The number of carboxylic acids is 2. The number of aliphatic carboxylic acids is 2. The third kappa shape index (κ3) is 8.42. The van der Waals surface area contributed by atoms with E-state index in [-0.39, 0.29) is 13.1 Å². The minimum atomic E-state index is -4.22. The lowest BCUT2D eigenvalue weighted by molar-refractivity contribution is -0.140. The molecule has 1 saturated heterocycles. The molecule has 4 N–H and O–H groups in total. The molecular formula is C11H22N3O7P. The average molecular weight is 339 g/mol. The molecule has 0 radical (unpaired) electrons. The molecule has 0 bridgehead atoms. The van der Waals surface area contributed by atoms with Crippen LogP contribution in [0.5, 0.6) is 0 Å². The Morgan fingerprint density at radius 2 is 1.09 bits per heavy atom. The molecule has 1 aliphatic rings. The monoisotopic (exact) mass is 339 g/mol. The molecule has 1 heterocycles. The summed E-state index contributed by atoms with van der Waals surface area (Å²) in [6.45, 7) is 1.75. The maximum absolute atomic E-state index is 11.1. The van der Waals surface area contributed by atoms with Gasteiger partial charge in [-0.25, -0.2) is 0 Å². The fraction of sp³-hybridized carbons (Fsp3) is 0.818. The first kappa shape index (κ1) is 19.0. The van der Waals surface area contributed by atoms with Gasteiger partial charge in [0.15, 0.2) is 0 Å². The second kappa shape index (κ2) is 8.56. The van der Waals surface area contributed by atoms with Gasteiger partial charge in [-0.15, -0.1) is 0 Å². The highest BCUT2D eigenvalue weighted by molar-refractivity contribution is 7.51. The Labute approximate surface area is 128 Å². The summed E-state index contributed by atoms with van der Waals surface area (Å²) in [5.74, 6) is -1.99. The predicted octanol–water partition coefficient (Wildman–Crippen LogP) is -1.79. The van der Waals surface area contributed by atoms with Gasteiger partial charge in [0.05, 0.1) is 13.1 Å². The zero-order valence-corrected chi connectivity index (χ0v) is 13.1. The van der Waals surface area contributed by atoms with Gasteiger partial charge in [-0.1, -0.05) is 0 Å². The van der Waals surface area contributed by atoms with Crippen LogP contribution in [0, 0.1) is 0 Å². The fourth-order valence-corrected chi connectivity index (χ4v) is 3.09. The Bertz CT molecular complexity index is 413. The summed E-state index contributed by atoms with van der Waals surface area (Å²) >= 11 is 0. The smallest absolute Gasteiger partial charge is 0.339 e. The van der Waals surface area contributed by atoms with E-state index in [1.54, 1.807) is 9.80 Å². The molecular weight excluding hydrogens is 317 g/mol. The fourth-order valence-electron chi connectivity index (χ4n) is 2.28. The van der Waals surface area contributed by atoms with E-state index in [2.05, 4.69) is 0 Å². The van der Waals surface area contributed by atoms with Crippen LogP contribution in [0.3, 0.4) is 0 Å². The first-order chi connectivity index (χ1) is 10.2. The van der Waals surface area contributed by atoms with Crippen molar-refractivity contribution in [3.05, 3.63) is 0 Å². The van der Waals surface area contributed by atoms with Gasteiger partial charge in [0.1, 0.15) is 6.29 Å². The number of hydrogen-bond donors (Lipinski definition) is 4. The quantitative estimate of drug-likeness (QED) is 0.410. The van der Waals surface area contributed by atoms with Crippen molar-refractivity contribution in [1.82, 2.24) is 14.7 Å². The molecule has 22 heavy (non-hydrogen) atoms. The zero-order valence-electron chi connectivity index (χ0n) is 12.2. The molecule has 128 valence electrons. The molecule has 0 amide bonds. The van der Waals surface area contributed by atoms with Gasteiger partial charge >= 0.3 is 19.5 Å². The standard InChI is InChI=1S/C11H22N3O7P/c15-10(16)7-12-1-2-13(8-11(17)18)4-6-14(5-3-12)9-22(19,20)21/h1-9H2,(H,15,16)(H,17,18)(H2,19,20,21). The van der Waals surface area contributed by atoms with Gasteiger partial charge in [-0.05, 0) is 0 Å². The summed E-state index contributed by atoms with van der Waals surface area (Å²) in [4.78, 5) is 44.6. The molecule has 0 aromatic rings. The zero-order chi connectivity index (χ0) is 16.8. The summed E-state index contributed by atoms with van der Waals surface area (Å²) in [7, 11) is -4.22. The summed E-state index contributed by atoms with van der Waals surface area (Å²) in [6, 6.07) is 0. The molecule has 1 aliphatic heterocycles. The summed E-state index contributed by atoms with van der Waals surface area (Å²) in [5.41, 5.74) is 0. The summed E-state index contributed by atoms with van der Waals surface area (Å²) in [6.07, 6.45) is -0.422. The number of carboxylic acid groups (broad SMARTS) is 2. The van der Waals surface area contributed by atoms with Gasteiger partial charge in [-0.3, -0.25) is 28.9 Å². The molecule has 0 unspecified atom stereocenters. The van der Waals surface area contributed by atoms with Gasteiger partial charge in [0, 0.05) is 39.3 Å². The van der Waals surface area contributed by atoms with E-state index < -0.39 is 25.8 Å². The van der Waals surface area contributed by atoms with Crippen molar-refractivity contribution in [2.75, 3.05) is 58.6 Å². The van der Waals surface area contributed by atoms with Crippen LogP contribution in [0.4, 0.5) is 0 Å². The summed E-state index contributed by atoms with van der Waals surface area (Å²) < 4.78 is 11.1. The highest BCUT2D eigenvalue weighted by Crippen LogP contribution is 2.34. The van der Waals surface area contributed by atoms with Crippen LogP contribution in [0.1, 0.15) is 0 Å². The molecule has 0 aliphatic carbocycles. The van der Waals surface area contributed by atoms with Crippen molar-refractivity contribution < 1.29 is 34.2 Å². The van der Waals surface area contributed by atoms with Crippen molar-refractivity contribution in [2.45, 2.75) is 0 Å². The molecule has 0 aromatic heterocycles. The Morgan fingerprint density at radius 3 is 1.36 bits per heavy atom. The second-order valence-corrected chi connectivity index (χ2v) is 6.88. The van der Waals surface area contributed by atoms with E-state index in [4.69, 9.17) is 20.0 Å². The third-order valence-corrected chi connectivity index (χ3v) is 4.07. The topological polar surface area (TPSA) is 142 Å². The first-order valence-electron chi connectivity index (χ1n) is 6.81. The van der Waals surface area contributed by atoms with Gasteiger partial charge in [0.25, 0.3) is 0 Å². The molecule has 1 rings (SSSR count). The lowest BCUT2D eigenvalue weighted by Gasteiger charge is -2.25. The van der Waals surface area contributed by atoms with E-state index in [1.807, 2.05) is 0 Å². The van der Waals surface area contributed by atoms with Crippen molar-refractivity contribution >= 4 is 19.5 Å². The molecule has 0 saturated carbocycles. The Balaban J connectivity index is 2.74. The number of rotatable bonds is 6. The van der Waals surface area contributed by atoms with Gasteiger partial charge < -0.3 is 20.0 Å². The highest BCUT2D eigenvalue weighted by Gasteiger charge is 2.23. The number of carbonyl (C=O) groups is 2. The Kier molecular flexibility index (Phi) is 7.40. The van der Waals surface area contributed by atoms with Gasteiger partial charge in [-0.2, -0.15) is 0 Å². The lowest BCUT2D eigenvalue weighted by atomic mass is 10.4. The highest BCUT2D eigenvalue weighted by atomic mass is 31.2. The van der Waals surface area contributed by atoms with Crippen molar-refractivity contribution in [3.63, 3.8) is 0 Å². The third-order valence-electron chi connectivity index (χ3n) is 3.30. The number of nitrogens with zero attached hydrogens (tertiary/aromatic N) is 3. The predicted molar refractivity (Wildman–Crippen MR) is 76.6 cm³/mol. The van der Waals surface area contributed by atoms with Crippen LogP contribution in [-0.4, -0.2) is 105 Å². The SMILES string of the molecule is O=C(O)CN1CCN(CC(=O)O)CCN(CP(=O)(O)O)CC1.